The number of hydrogen-bond acceptors (Lipinski definition) is 3. The molecule has 0 rings (SSSR count). The molecule has 0 N–H and O–H groups in total. The monoisotopic (exact) mass is 315 g/mol. The Bertz CT molecular complexity index is 275. The number of hydrogen-bond donors (Lipinski definition) is 0. The normalized spacial score (nSPS) is 10.3. The minimum Gasteiger partial charge on any atom is -0.281 e. The van der Waals surface area contributed by atoms with Crippen molar-refractivity contribution >= 4 is 22.9 Å². The van der Waals surface area contributed by atoms with E-state index in [0.29, 0.717) is 13.0 Å². The van der Waals surface area contributed by atoms with E-state index in [4.69, 9.17) is 11.6 Å². The molecule has 0 amide bonds. The van der Waals surface area contributed by atoms with Gasteiger partial charge in [-0.15, -0.1) is 0 Å². The molecular formula is C17H30ClNO2. The van der Waals surface area contributed by atoms with Crippen LogP contribution in [-0.4, -0.2) is 17.9 Å². The highest BCUT2D eigenvalue weighted by Gasteiger charge is 1.96. The zero-order valence-electron chi connectivity index (χ0n) is 13.2. The number of carbonyl (C=O) groups is 1. The molecule has 4 heteroatoms. The van der Waals surface area contributed by atoms with Gasteiger partial charge in [0.25, 0.3) is 0 Å². The summed E-state index contributed by atoms with van der Waals surface area (Å²) < 4.78 is 0. The Hall–Kier alpha value is -0.660. The minimum absolute atomic E-state index is 0.202. The molecule has 0 unspecified atom stereocenters. The predicted molar refractivity (Wildman–Crippen MR) is 88.5 cm³/mol. The standard InChI is InChI=1S/C17H30ClNO2/c18-17(21)14-12-10-8-6-4-2-1-3-5-7-9-11-13-15-19-16-20/h1-15H2. The highest BCUT2D eigenvalue weighted by Crippen LogP contribution is 2.13. The van der Waals surface area contributed by atoms with E-state index in [9.17, 15) is 9.59 Å². The lowest BCUT2D eigenvalue weighted by Gasteiger charge is -2.02. The van der Waals surface area contributed by atoms with Crippen LogP contribution in [0.4, 0.5) is 0 Å². The Morgan fingerprint density at radius 3 is 1.48 bits per heavy atom. The summed E-state index contributed by atoms with van der Waals surface area (Å²) in [5.74, 6) is 0. The molecule has 0 spiro atoms. The molecule has 0 saturated heterocycles. The number of aliphatic imine (C=N–C) groups is 1. The van der Waals surface area contributed by atoms with Crippen LogP contribution in [0.3, 0.4) is 0 Å². The molecule has 0 aromatic heterocycles. The van der Waals surface area contributed by atoms with Gasteiger partial charge in [0, 0.05) is 6.42 Å². The van der Waals surface area contributed by atoms with Crippen LogP contribution in [0, 0.1) is 0 Å². The van der Waals surface area contributed by atoms with E-state index in [1.54, 1.807) is 6.08 Å². The van der Waals surface area contributed by atoms with Crippen LogP contribution in [-0.2, 0) is 9.59 Å². The number of rotatable bonds is 16. The molecule has 0 aliphatic heterocycles. The van der Waals surface area contributed by atoms with Crippen LogP contribution in [0.25, 0.3) is 0 Å². The largest absolute Gasteiger partial charge is 0.281 e. The summed E-state index contributed by atoms with van der Waals surface area (Å²) in [7, 11) is 0. The molecule has 122 valence electrons. The zero-order chi connectivity index (χ0) is 15.6. The van der Waals surface area contributed by atoms with Crippen LogP contribution >= 0.6 is 11.6 Å². The van der Waals surface area contributed by atoms with Crippen molar-refractivity contribution in [3.63, 3.8) is 0 Å². The average molecular weight is 316 g/mol. The summed E-state index contributed by atoms with van der Waals surface area (Å²) in [6.45, 7) is 0.641. The maximum atomic E-state index is 10.5. The average Bonchev–Trinajstić information content (AvgIpc) is 2.46. The van der Waals surface area contributed by atoms with E-state index in [-0.39, 0.29) is 5.24 Å². The highest BCUT2D eigenvalue weighted by molar-refractivity contribution is 6.63. The molecule has 0 atom stereocenters. The van der Waals surface area contributed by atoms with E-state index >= 15 is 0 Å². The number of isocyanates is 1. The summed E-state index contributed by atoms with van der Waals surface area (Å²) in [6, 6.07) is 0. The fourth-order valence-electron chi connectivity index (χ4n) is 2.45. The van der Waals surface area contributed by atoms with Crippen LogP contribution in [0.15, 0.2) is 4.99 Å². The molecule has 0 radical (unpaired) electrons. The Morgan fingerprint density at radius 2 is 1.10 bits per heavy atom. The van der Waals surface area contributed by atoms with Crippen molar-refractivity contribution in [1.82, 2.24) is 0 Å². The molecule has 0 saturated carbocycles. The number of halogens is 1. The van der Waals surface area contributed by atoms with Gasteiger partial charge >= 0.3 is 0 Å². The second kappa shape index (κ2) is 17.4. The quantitative estimate of drug-likeness (QED) is 0.162. The summed E-state index contributed by atoms with van der Waals surface area (Å²) >= 11 is 5.28. The Labute approximate surface area is 134 Å². The maximum absolute atomic E-state index is 10.5. The summed E-state index contributed by atoms with van der Waals surface area (Å²) in [6.07, 6.45) is 18.1. The Morgan fingerprint density at radius 1 is 0.714 bits per heavy atom. The summed E-state index contributed by atoms with van der Waals surface area (Å²) in [5.41, 5.74) is 0. The molecule has 0 aliphatic rings. The lowest BCUT2D eigenvalue weighted by molar-refractivity contribution is -0.111. The molecule has 0 aromatic carbocycles. The number of unbranched alkanes of at least 4 members (excludes halogenated alkanes) is 12. The SMILES string of the molecule is O=C=NCCCCCCCCCCCCCCCC(=O)Cl. The highest BCUT2D eigenvalue weighted by atomic mass is 35.5. The molecule has 0 bridgehead atoms. The lowest BCUT2D eigenvalue weighted by atomic mass is 10.0. The van der Waals surface area contributed by atoms with Crippen LogP contribution in [0.2, 0.25) is 0 Å². The maximum Gasteiger partial charge on any atom is 0.234 e. The first kappa shape index (κ1) is 20.3. The van der Waals surface area contributed by atoms with E-state index in [0.717, 1.165) is 19.3 Å². The van der Waals surface area contributed by atoms with E-state index in [2.05, 4.69) is 4.99 Å². The Kier molecular flexibility index (Phi) is 16.8. The molecule has 0 heterocycles. The van der Waals surface area contributed by atoms with Gasteiger partial charge in [0.15, 0.2) is 0 Å². The molecule has 0 aromatic rings. The predicted octanol–water partition coefficient (Wildman–Crippen LogP) is 5.55. The van der Waals surface area contributed by atoms with Crippen molar-refractivity contribution in [3.05, 3.63) is 0 Å². The van der Waals surface area contributed by atoms with Crippen molar-refractivity contribution < 1.29 is 9.59 Å². The first-order valence-corrected chi connectivity index (χ1v) is 8.87. The molecule has 3 nitrogen and oxygen atoms in total. The molecule has 0 fully saturated rings. The van der Waals surface area contributed by atoms with Gasteiger partial charge in [-0.3, -0.25) is 4.79 Å². The Balaban J connectivity index is 2.99. The fraction of sp³-hybridized carbons (Fsp3) is 0.882. The lowest BCUT2D eigenvalue weighted by Crippen LogP contribution is -1.87. The number of carbonyl (C=O) groups excluding carboxylic acids is 2. The van der Waals surface area contributed by atoms with Crippen LogP contribution < -0.4 is 0 Å². The first-order valence-electron chi connectivity index (χ1n) is 8.49. The second-order valence-corrected chi connectivity index (χ2v) is 6.10. The smallest absolute Gasteiger partial charge is 0.234 e. The van der Waals surface area contributed by atoms with Crippen LogP contribution in [0.1, 0.15) is 89.9 Å². The van der Waals surface area contributed by atoms with Crippen molar-refractivity contribution in [1.29, 1.82) is 0 Å². The van der Waals surface area contributed by atoms with E-state index < -0.39 is 0 Å². The summed E-state index contributed by atoms with van der Waals surface area (Å²) in [5, 5.41) is -0.202. The number of nitrogens with zero attached hydrogens (tertiary/aromatic N) is 1. The third kappa shape index (κ3) is 19.3. The van der Waals surface area contributed by atoms with Gasteiger partial charge in [-0.05, 0) is 24.4 Å². The van der Waals surface area contributed by atoms with Gasteiger partial charge < -0.3 is 0 Å². The topological polar surface area (TPSA) is 46.5 Å². The molecular weight excluding hydrogens is 286 g/mol. The molecule has 0 aliphatic carbocycles. The van der Waals surface area contributed by atoms with Gasteiger partial charge in [0.1, 0.15) is 0 Å². The summed E-state index contributed by atoms with van der Waals surface area (Å²) in [4.78, 5) is 23.9. The van der Waals surface area contributed by atoms with Gasteiger partial charge in [-0.1, -0.05) is 70.6 Å². The van der Waals surface area contributed by atoms with Gasteiger partial charge in [0.2, 0.25) is 11.3 Å². The van der Waals surface area contributed by atoms with E-state index in [1.165, 1.54) is 64.2 Å². The minimum atomic E-state index is -0.202. The van der Waals surface area contributed by atoms with Crippen molar-refractivity contribution in [3.8, 4) is 0 Å². The first-order chi connectivity index (χ1) is 10.3. The van der Waals surface area contributed by atoms with Gasteiger partial charge in [-0.2, -0.15) is 0 Å². The zero-order valence-corrected chi connectivity index (χ0v) is 14.0. The third-order valence-corrected chi connectivity index (χ3v) is 3.90. The van der Waals surface area contributed by atoms with Crippen molar-refractivity contribution in [2.45, 2.75) is 89.9 Å². The van der Waals surface area contributed by atoms with Crippen molar-refractivity contribution in [2.75, 3.05) is 6.54 Å². The fourth-order valence-corrected chi connectivity index (χ4v) is 2.58. The van der Waals surface area contributed by atoms with Crippen LogP contribution in [0.5, 0.6) is 0 Å². The van der Waals surface area contributed by atoms with Crippen molar-refractivity contribution in [2.24, 2.45) is 4.99 Å². The third-order valence-electron chi connectivity index (χ3n) is 3.71. The van der Waals surface area contributed by atoms with Gasteiger partial charge in [0.05, 0.1) is 6.54 Å². The second-order valence-electron chi connectivity index (χ2n) is 5.67. The van der Waals surface area contributed by atoms with Gasteiger partial charge in [-0.25, -0.2) is 9.79 Å². The van der Waals surface area contributed by atoms with E-state index in [1.807, 2.05) is 0 Å². The molecule has 21 heavy (non-hydrogen) atoms.